The van der Waals surface area contributed by atoms with Crippen molar-refractivity contribution in [3.63, 3.8) is 0 Å². The van der Waals surface area contributed by atoms with Gasteiger partial charge in [-0.3, -0.25) is 9.20 Å². The number of hydrogen-bond donors (Lipinski definition) is 0. The molecule has 1 aliphatic rings. The van der Waals surface area contributed by atoms with Gasteiger partial charge >= 0.3 is 0 Å². The third kappa shape index (κ3) is 2.68. The summed E-state index contributed by atoms with van der Waals surface area (Å²) in [6.07, 6.45) is 1.90. The molecule has 0 unspecified atom stereocenters. The highest BCUT2D eigenvalue weighted by atomic mass is 19.1. The first-order valence-corrected chi connectivity index (χ1v) is 8.98. The third-order valence-corrected chi connectivity index (χ3v) is 5.44. The fraction of sp³-hybridized carbons (Fsp3) is 0.333. The Bertz CT molecular complexity index is 966. The average molecular weight is 351 g/mol. The van der Waals surface area contributed by atoms with Gasteiger partial charge in [0.25, 0.3) is 5.91 Å². The Morgan fingerprint density at radius 3 is 2.65 bits per heavy atom. The van der Waals surface area contributed by atoms with Gasteiger partial charge in [0.15, 0.2) is 5.69 Å². The maximum absolute atomic E-state index is 14.9. The topological polar surface area (TPSA) is 37.6 Å². The van der Waals surface area contributed by atoms with Gasteiger partial charge in [-0.2, -0.15) is 4.39 Å². The van der Waals surface area contributed by atoms with Crippen molar-refractivity contribution in [2.45, 2.75) is 32.1 Å². The summed E-state index contributed by atoms with van der Waals surface area (Å²) in [6.45, 7) is 5.18. The summed E-state index contributed by atoms with van der Waals surface area (Å²) in [5, 5.41) is 0. The number of nitrogens with zero attached hydrogens (tertiary/aromatic N) is 3. The van der Waals surface area contributed by atoms with Gasteiger partial charge in [0.05, 0.1) is 0 Å². The number of imidazole rings is 1. The van der Waals surface area contributed by atoms with Crippen LogP contribution in [0.5, 0.6) is 0 Å². The van der Waals surface area contributed by atoms with Crippen LogP contribution >= 0.6 is 0 Å². The van der Waals surface area contributed by atoms with Crippen molar-refractivity contribution in [2.24, 2.45) is 0 Å². The van der Waals surface area contributed by atoms with Gasteiger partial charge < -0.3 is 4.90 Å². The Kier molecular flexibility index (Phi) is 4.02. The van der Waals surface area contributed by atoms with Crippen molar-refractivity contribution in [3.8, 4) is 0 Å². The van der Waals surface area contributed by atoms with E-state index in [1.54, 1.807) is 24.0 Å². The van der Waals surface area contributed by atoms with E-state index >= 15 is 0 Å². The van der Waals surface area contributed by atoms with Crippen LogP contribution < -0.4 is 0 Å². The molecule has 2 aromatic heterocycles. The van der Waals surface area contributed by atoms with Crippen LogP contribution in [-0.4, -0.2) is 33.3 Å². The van der Waals surface area contributed by atoms with Gasteiger partial charge in [-0.05, 0) is 37.5 Å². The van der Waals surface area contributed by atoms with Crippen LogP contribution in [-0.2, 0) is 5.41 Å². The minimum Gasteiger partial charge on any atom is -0.336 e. The lowest BCUT2D eigenvalue weighted by molar-refractivity contribution is 0.0640. The molecule has 1 saturated heterocycles. The van der Waals surface area contributed by atoms with E-state index in [0.29, 0.717) is 18.7 Å². The van der Waals surface area contributed by atoms with E-state index < -0.39 is 5.95 Å². The quantitative estimate of drug-likeness (QED) is 0.700. The number of carbonyl (C=O) groups excluding carboxylic acids is 1. The zero-order chi connectivity index (χ0) is 18.3. The molecule has 0 aliphatic carbocycles. The molecule has 4 nitrogen and oxygen atoms in total. The molecule has 0 N–H and O–H groups in total. The summed E-state index contributed by atoms with van der Waals surface area (Å²) in [6, 6.07) is 15.6. The molecule has 0 radical (unpaired) electrons. The Hall–Kier alpha value is -2.69. The first-order valence-electron chi connectivity index (χ1n) is 8.98. The van der Waals surface area contributed by atoms with E-state index in [4.69, 9.17) is 0 Å². The average Bonchev–Trinajstić information content (AvgIpc) is 3.00. The number of pyridine rings is 1. The van der Waals surface area contributed by atoms with Crippen molar-refractivity contribution in [1.82, 2.24) is 14.3 Å². The molecule has 0 spiro atoms. The van der Waals surface area contributed by atoms with Gasteiger partial charge in [-0.1, -0.05) is 43.3 Å². The second-order valence-corrected chi connectivity index (χ2v) is 7.37. The number of piperidine rings is 1. The second kappa shape index (κ2) is 6.24. The highest BCUT2D eigenvalue weighted by molar-refractivity contribution is 5.93. The monoisotopic (exact) mass is 351 g/mol. The number of rotatable bonds is 2. The fourth-order valence-electron chi connectivity index (χ4n) is 3.99. The van der Waals surface area contributed by atoms with Gasteiger partial charge in [-0.15, -0.1) is 0 Å². The van der Waals surface area contributed by atoms with E-state index in [1.807, 2.05) is 24.3 Å². The number of aryl methyl sites for hydroxylation is 1. The molecule has 1 atom stereocenters. The normalized spacial score (nSPS) is 20.5. The zero-order valence-corrected chi connectivity index (χ0v) is 15.1. The molecular weight excluding hydrogens is 329 g/mol. The molecule has 4 rings (SSSR count). The van der Waals surface area contributed by atoms with Gasteiger partial charge in [0.1, 0.15) is 5.65 Å². The molecule has 5 heteroatoms. The highest BCUT2D eigenvalue weighted by Crippen LogP contribution is 2.34. The number of amides is 1. The first-order chi connectivity index (χ1) is 12.5. The molecule has 1 fully saturated rings. The Morgan fingerprint density at radius 2 is 1.92 bits per heavy atom. The number of fused-ring (bicyclic) bond motifs is 1. The molecule has 134 valence electrons. The van der Waals surface area contributed by atoms with Gasteiger partial charge in [0.2, 0.25) is 5.95 Å². The smallest absolute Gasteiger partial charge is 0.277 e. The number of likely N-dealkylation sites (tertiary alicyclic amines) is 1. The van der Waals surface area contributed by atoms with Gasteiger partial charge in [-0.25, -0.2) is 4.98 Å². The largest absolute Gasteiger partial charge is 0.336 e. The number of halogens is 1. The van der Waals surface area contributed by atoms with Crippen LogP contribution in [0.4, 0.5) is 4.39 Å². The van der Waals surface area contributed by atoms with Crippen molar-refractivity contribution < 1.29 is 9.18 Å². The molecular formula is C21H22FN3O. The van der Waals surface area contributed by atoms with Crippen molar-refractivity contribution in [1.29, 1.82) is 0 Å². The second-order valence-electron chi connectivity index (χ2n) is 7.37. The van der Waals surface area contributed by atoms with E-state index in [2.05, 4.69) is 24.0 Å². The summed E-state index contributed by atoms with van der Waals surface area (Å²) in [7, 11) is 0. The van der Waals surface area contributed by atoms with E-state index in [0.717, 1.165) is 18.5 Å². The molecule has 1 aliphatic heterocycles. The van der Waals surface area contributed by atoms with Crippen molar-refractivity contribution in [2.75, 3.05) is 13.1 Å². The summed E-state index contributed by atoms with van der Waals surface area (Å²) in [5.41, 5.74) is 2.19. The SMILES string of the molecule is Cc1cccc2nc(C(=O)N3CCC[C@@](C)(c4ccccc4)C3)c(F)n12. The lowest BCUT2D eigenvalue weighted by Gasteiger charge is -2.40. The molecule has 0 saturated carbocycles. The maximum atomic E-state index is 14.9. The van der Waals surface area contributed by atoms with Crippen molar-refractivity contribution in [3.05, 3.63) is 71.4 Å². The lowest BCUT2D eigenvalue weighted by Crippen LogP contribution is -2.47. The van der Waals surface area contributed by atoms with Crippen LogP contribution in [0, 0.1) is 12.9 Å². The van der Waals surface area contributed by atoms with Crippen LogP contribution in [0.1, 0.15) is 41.5 Å². The summed E-state index contributed by atoms with van der Waals surface area (Å²) >= 11 is 0. The molecule has 0 bridgehead atoms. The molecule has 26 heavy (non-hydrogen) atoms. The standard InChI is InChI=1S/C21H22FN3O/c1-15-8-6-11-17-23-18(19(22)25(15)17)20(26)24-13-7-12-21(2,14-24)16-9-4-3-5-10-16/h3-6,8-11H,7,12-14H2,1-2H3/t21-/m1/s1. The van der Waals surface area contributed by atoms with Crippen LogP contribution in [0.2, 0.25) is 0 Å². The minimum absolute atomic E-state index is 0.0865. The Labute approximate surface area is 152 Å². The lowest BCUT2D eigenvalue weighted by atomic mass is 9.76. The van der Waals surface area contributed by atoms with Crippen LogP contribution in [0.3, 0.4) is 0 Å². The summed E-state index contributed by atoms with van der Waals surface area (Å²) < 4.78 is 16.3. The van der Waals surface area contributed by atoms with Crippen molar-refractivity contribution >= 4 is 11.6 Å². The van der Waals surface area contributed by atoms with Crippen LogP contribution in [0.15, 0.2) is 48.5 Å². The molecule has 3 heterocycles. The molecule has 1 aromatic carbocycles. The third-order valence-electron chi connectivity index (χ3n) is 5.44. The van der Waals surface area contributed by atoms with E-state index in [9.17, 15) is 9.18 Å². The number of hydrogen-bond acceptors (Lipinski definition) is 2. The summed E-state index contributed by atoms with van der Waals surface area (Å²) in [4.78, 5) is 19.0. The van der Waals surface area contributed by atoms with Gasteiger partial charge in [0, 0.05) is 24.2 Å². The van der Waals surface area contributed by atoms with E-state index in [-0.39, 0.29) is 17.0 Å². The number of benzene rings is 1. The number of aromatic nitrogens is 2. The Morgan fingerprint density at radius 1 is 1.15 bits per heavy atom. The number of carbonyl (C=O) groups is 1. The fourth-order valence-corrected chi connectivity index (χ4v) is 3.99. The zero-order valence-electron chi connectivity index (χ0n) is 15.1. The van der Waals surface area contributed by atoms with Crippen LogP contribution in [0.25, 0.3) is 5.65 Å². The first kappa shape index (κ1) is 16.8. The predicted octanol–water partition coefficient (Wildman–Crippen LogP) is 3.98. The van der Waals surface area contributed by atoms with E-state index in [1.165, 1.54) is 9.96 Å². The summed E-state index contributed by atoms with van der Waals surface area (Å²) in [5.74, 6) is -0.900. The maximum Gasteiger partial charge on any atom is 0.277 e. The Balaban J connectivity index is 1.67. The molecule has 3 aromatic rings. The molecule has 1 amide bonds. The minimum atomic E-state index is -0.574. The predicted molar refractivity (Wildman–Crippen MR) is 98.8 cm³/mol. The highest BCUT2D eigenvalue weighted by Gasteiger charge is 2.36.